The molecule has 1 aromatic heterocycles. The standard InChI is InChI=1S/C14H14N4/c1-15-13(14-16-9-17-18-14)12-7-6-10-4-2-3-5-11(10)8-12/h2-9,13,15H,1H3,(H,16,17,18). The second-order valence-corrected chi connectivity index (χ2v) is 4.20. The number of H-pyrrole nitrogens is 1. The summed E-state index contributed by atoms with van der Waals surface area (Å²) in [7, 11) is 1.92. The van der Waals surface area contributed by atoms with E-state index in [9.17, 15) is 0 Å². The van der Waals surface area contributed by atoms with E-state index in [0.29, 0.717) is 0 Å². The molecule has 2 aromatic carbocycles. The predicted molar refractivity (Wildman–Crippen MR) is 71.2 cm³/mol. The lowest BCUT2D eigenvalue weighted by Gasteiger charge is -2.14. The molecule has 0 fully saturated rings. The second-order valence-electron chi connectivity index (χ2n) is 4.20. The summed E-state index contributed by atoms with van der Waals surface area (Å²) in [5.74, 6) is 0.827. The Kier molecular flexibility index (Phi) is 2.78. The Labute approximate surface area is 105 Å². The summed E-state index contributed by atoms with van der Waals surface area (Å²) in [6.45, 7) is 0. The van der Waals surface area contributed by atoms with E-state index in [1.807, 2.05) is 13.1 Å². The zero-order valence-corrected chi connectivity index (χ0v) is 10.1. The van der Waals surface area contributed by atoms with Crippen LogP contribution < -0.4 is 5.32 Å². The topological polar surface area (TPSA) is 53.6 Å². The van der Waals surface area contributed by atoms with Crippen LogP contribution in [0.5, 0.6) is 0 Å². The van der Waals surface area contributed by atoms with Gasteiger partial charge in [-0.15, -0.1) is 0 Å². The molecule has 1 atom stereocenters. The molecule has 0 aliphatic rings. The van der Waals surface area contributed by atoms with Crippen molar-refractivity contribution in [1.82, 2.24) is 20.5 Å². The largest absolute Gasteiger partial charge is 0.307 e. The highest BCUT2D eigenvalue weighted by Crippen LogP contribution is 2.23. The van der Waals surface area contributed by atoms with Crippen LogP contribution in [0.25, 0.3) is 10.8 Å². The fourth-order valence-corrected chi connectivity index (χ4v) is 2.20. The van der Waals surface area contributed by atoms with Gasteiger partial charge in [-0.3, -0.25) is 5.10 Å². The Hall–Kier alpha value is -2.20. The van der Waals surface area contributed by atoms with E-state index in [0.717, 1.165) is 5.82 Å². The quantitative estimate of drug-likeness (QED) is 0.736. The number of nitrogens with zero attached hydrogens (tertiary/aromatic N) is 2. The molecular formula is C14H14N4. The molecular weight excluding hydrogens is 224 g/mol. The average molecular weight is 238 g/mol. The van der Waals surface area contributed by atoms with Crippen molar-refractivity contribution >= 4 is 10.8 Å². The molecule has 0 amide bonds. The van der Waals surface area contributed by atoms with E-state index in [1.54, 1.807) is 0 Å². The molecule has 4 heteroatoms. The van der Waals surface area contributed by atoms with Crippen LogP contribution >= 0.6 is 0 Å². The number of hydrogen-bond donors (Lipinski definition) is 2. The zero-order chi connectivity index (χ0) is 12.4. The molecule has 90 valence electrons. The van der Waals surface area contributed by atoms with E-state index in [4.69, 9.17) is 0 Å². The van der Waals surface area contributed by atoms with Gasteiger partial charge in [0.05, 0.1) is 6.04 Å². The molecule has 4 nitrogen and oxygen atoms in total. The van der Waals surface area contributed by atoms with Gasteiger partial charge in [0.25, 0.3) is 0 Å². The fraction of sp³-hybridized carbons (Fsp3) is 0.143. The lowest BCUT2D eigenvalue weighted by Crippen LogP contribution is -2.19. The summed E-state index contributed by atoms with van der Waals surface area (Å²) in [5.41, 5.74) is 1.17. The summed E-state index contributed by atoms with van der Waals surface area (Å²) < 4.78 is 0. The van der Waals surface area contributed by atoms with Gasteiger partial charge in [-0.1, -0.05) is 36.4 Å². The van der Waals surface area contributed by atoms with Crippen molar-refractivity contribution in [3.05, 3.63) is 60.2 Å². The van der Waals surface area contributed by atoms with Gasteiger partial charge in [-0.05, 0) is 29.4 Å². The highest BCUT2D eigenvalue weighted by atomic mass is 15.2. The van der Waals surface area contributed by atoms with E-state index >= 15 is 0 Å². The molecule has 0 radical (unpaired) electrons. The van der Waals surface area contributed by atoms with Crippen LogP contribution in [0.15, 0.2) is 48.8 Å². The third kappa shape index (κ3) is 1.87. The lowest BCUT2D eigenvalue weighted by molar-refractivity contribution is 0.650. The highest BCUT2D eigenvalue weighted by Gasteiger charge is 2.14. The summed E-state index contributed by atoms with van der Waals surface area (Å²) in [4.78, 5) is 4.21. The molecule has 18 heavy (non-hydrogen) atoms. The van der Waals surface area contributed by atoms with Gasteiger partial charge in [-0.25, -0.2) is 4.98 Å². The molecule has 1 unspecified atom stereocenters. The lowest BCUT2D eigenvalue weighted by atomic mass is 10.0. The highest BCUT2D eigenvalue weighted by molar-refractivity contribution is 5.83. The molecule has 3 rings (SSSR count). The first-order valence-electron chi connectivity index (χ1n) is 5.90. The molecule has 0 saturated carbocycles. The maximum atomic E-state index is 4.21. The Morgan fingerprint density at radius 2 is 1.94 bits per heavy atom. The third-order valence-electron chi connectivity index (χ3n) is 3.10. The number of rotatable bonds is 3. The third-order valence-corrected chi connectivity index (χ3v) is 3.10. The minimum Gasteiger partial charge on any atom is -0.307 e. The van der Waals surface area contributed by atoms with Crippen molar-refractivity contribution in [1.29, 1.82) is 0 Å². The predicted octanol–water partition coefficient (Wildman–Crippen LogP) is 2.27. The molecule has 0 spiro atoms. The van der Waals surface area contributed by atoms with Crippen molar-refractivity contribution in [2.24, 2.45) is 0 Å². The van der Waals surface area contributed by atoms with Crippen LogP contribution in [-0.2, 0) is 0 Å². The van der Waals surface area contributed by atoms with Gasteiger partial charge in [0.15, 0.2) is 0 Å². The smallest absolute Gasteiger partial charge is 0.145 e. The number of hydrogen-bond acceptors (Lipinski definition) is 3. The fourth-order valence-electron chi connectivity index (χ4n) is 2.20. The van der Waals surface area contributed by atoms with Crippen LogP contribution in [-0.4, -0.2) is 22.2 Å². The molecule has 0 aliphatic carbocycles. The van der Waals surface area contributed by atoms with E-state index in [2.05, 4.69) is 56.9 Å². The Morgan fingerprint density at radius 3 is 2.67 bits per heavy atom. The van der Waals surface area contributed by atoms with Crippen molar-refractivity contribution in [2.45, 2.75) is 6.04 Å². The first-order chi connectivity index (χ1) is 8.88. The van der Waals surface area contributed by atoms with Crippen LogP contribution in [0.4, 0.5) is 0 Å². The average Bonchev–Trinajstić information content (AvgIpc) is 2.93. The Balaban J connectivity index is 2.07. The molecule has 3 aromatic rings. The van der Waals surface area contributed by atoms with Crippen LogP contribution in [0.3, 0.4) is 0 Å². The summed E-state index contributed by atoms with van der Waals surface area (Å²) in [6, 6.07) is 14.8. The number of benzene rings is 2. The summed E-state index contributed by atoms with van der Waals surface area (Å²) in [6.07, 6.45) is 1.53. The maximum absolute atomic E-state index is 4.21. The Bertz CT molecular complexity index is 646. The van der Waals surface area contributed by atoms with Crippen LogP contribution in [0, 0.1) is 0 Å². The first-order valence-corrected chi connectivity index (χ1v) is 5.90. The number of fused-ring (bicyclic) bond motifs is 1. The van der Waals surface area contributed by atoms with Gasteiger partial charge in [-0.2, -0.15) is 5.10 Å². The van der Waals surface area contributed by atoms with E-state index < -0.39 is 0 Å². The summed E-state index contributed by atoms with van der Waals surface area (Å²) in [5, 5.41) is 12.5. The molecule has 0 aliphatic heterocycles. The maximum Gasteiger partial charge on any atom is 0.145 e. The van der Waals surface area contributed by atoms with Gasteiger partial charge in [0.1, 0.15) is 12.2 Å². The molecule has 2 N–H and O–H groups in total. The van der Waals surface area contributed by atoms with E-state index in [-0.39, 0.29) is 6.04 Å². The second kappa shape index (κ2) is 4.58. The van der Waals surface area contributed by atoms with Crippen molar-refractivity contribution in [3.63, 3.8) is 0 Å². The van der Waals surface area contributed by atoms with Gasteiger partial charge in [0, 0.05) is 0 Å². The first kappa shape index (κ1) is 10.9. The normalized spacial score (nSPS) is 12.7. The number of nitrogens with one attached hydrogen (secondary N) is 2. The molecule has 0 bridgehead atoms. The summed E-state index contributed by atoms with van der Waals surface area (Å²) >= 11 is 0. The molecule has 0 saturated heterocycles. The van der Waals surface area contributed by atoms with E-state index in [1.165, 1.54) is 22.7 Å². The van der Waals surface area contributed by atoms with Gasteiger partial charge < -0.3 is 5.32 Å². The van der Waals surface area contributed by atoms with Crippen LogP contribution in [0.1, 0.15) is 17.4 Å². The number of aromatic amines is 1. The van der Waals surface area contributed by atoms with Crippen molar-refractivity contribution < 1.29 is 0 Å². The minimum absolute atomic E-state index is 0.0390. The van der Waals surface area contributed by atoms with Gasteiger partial charge >= 0.3 is 0 Å². The van der Waals surface area contributed by atoms with Gasteiger partial charge in [0.2, 0.25) is 0 Å². The van der Waals surface area contributed by atoms with Crippen molar-refractivity contribution in [2.75, 3.05) is 7.05 Å². The van der Waals surface area contributed by atoms with Crippen molar-refractivity contribution in [3.8, 4) is 0 Å². The van der Waals surface area contributed by atoms with Crippen LogP contribution in [0.2, 0.25) is 0 Å². The zero-order valence-electron chi connectivity index (χ0n) is 10.1. The minimum atomic E-state index is 0.0390. The number of aromatic nitrogens is 3. The Morgan fingerprint density at radius 1 is 1.11 bits per heavy atom. The SMILES string of the molecule is CNC(c1ccc2ccccc2c1)c1ncn[nH]1. The monoisotopic (exact) mass is 238 g/mol. The molecule has 1 heterocycles.